The largest absolute Gasteiger partial charge is 0.387 e. The van der Waals surface area contributed by atoms with Crippen molar-refractivity contribution in [3.8, 4) is 0 Å². The second-order valence-electron chi connectivity index (χ2n) is 5.34. The van der Waals surface area contributed by atoms with Crippen LogP contribution in [0.2, 0.25) is 0 Å². The van der Waals surface area contributed by atoms with Crippen LogP contribution in [0.1, 0.15) is 38.3 Å². The summed E-state index contributed by atoms with van der Waals surface area (Å²) in [7, 11) is 0. The maximum Gasteiger partial charge on any atom is 0.118 e. The quantitative estimate of drug-likeness (QED) is 0.828. The Labute approximate surface area is 101 Å². The Hall–Kier alpha value is -1.39. The molecule has 0 amide bonds. The first-order valence-corrected chi connectivity index (χ1v) is 5.79. The zero-order valence-corrected chi connectivity index (χ0v) is 10.5. The average molecular weight is 233 g/mol. The fourth-order valence-corrected chi connectivity index (χ4v) is 1.89. The summed E-state index contributed by atoms with van der Waals surface area (Å²) in [6.07, 6.45) is 3.15. The number of aliphatic hydroxyl groups excluding tert-OH is 1. The molecule has 0 aromatic carbocycles. The van der Waals surface area contributed by atoms with E-state index in [1.54, 1.807) is 0 Å². The molecule has 0 bridgehead atoms. The van der Waals surface area contributed by atoms with Crippen LogP contribution in [0.3, 0.4) is 0 Å². The van der Waals surface area contributed by atoms with Gasteiger partial charge in [0.1, 0.15) is 5.82 Å². The van der Waals surface area contributed by atoms with Gasteiger partial charge in [0.25, 0.3) is 0 Å². The molecule has 0 spiro atoms. The lowest BCUT2D eigenvalue weighted by atomic mass is 9.96. The van der Waals surface area contributed by atoms with Gasteiger partial charge in [-0.15, -0.1) is 0 Å². The lowest BCUT2D eigenvalue weighted by Crippen LogP contribution is -2.17. The molecule has 17 heavy (non-hydrogen) atoms. The van der Waals surface area contributed by atoms with Crippen molar-refractivity contribution in [3.63, 3.8) is 0 Å². The minimum atomic E-state index is -0.616. The van der Waals surface area contributed by atoms with E-state index in [1.807, 2.05) is 28.9 Å². The first kappa shape index (κ1) is 12.1. The third kappa shape index (κ3) is 2.18. The maximum atomic E-state index is 9.76. The highest BCUT2D eigenvalue weighted by atomic mass is 16.3. The first-order chi connectivity index (χ1) is 7.93. The number of pyridine rings is 1. The Morgan fingerprint density at radius 3 is 2.71 bits per heavy atom. The van der Waals surface area contributed by atoms with E-state index >= 15 is 0 Å². The van der Waals surface area contributed by atoms with Crippen LogP contribution >= 0.6 is 0 Å². The van der Waals surface area contributed by atoms with E-state index in [2.05, 4.69) is 25.8 Å². The van der Waals surface area contributed by atoms with Gasteiger partial charge in [0.15, 0.2) is 0 Å². The van der Waals surface area contributed by atoms with Crippen LogP contribution in [0, 0.1) is 0 Å². The highest BCUT2D eigenvalue weighted by molar-refractivity contribution is 5.48. The highest BCUT2D eigenvalue weighted by Crippen LogP contribution is 2.23. The van der Waals surface area contributed by atoms with Crippen LogP contribution in [-0.2, 0) is 5.41 Å². The molecule has 0 radical (unpaired) electrons. The summed E-state index contributed by atoms with van der Waals surface area (Å²) in [5.41, 5.74) is 7.30. The standard InChI is InChI=1S/C13H19N3O/c1-13(2,3)12-15-7-10-5-4-9(8-16(10)12)11(17)6-14/h4-5,7-8,11,17H,6,14H2,1-3H3. The molecule has 0 saturated carbocycles. The number of imidazole rings is 1. The Bertz CT molecular complexity index is 525. The molecule has 0 saturated heterocycles. The Morgan fingerprint density at radius 1 is 1.41 bits per heavy atom. The van der Waals surface area contributed by atoms with Gasteiger partial charge in [0, 0.05) is 18.2 Å². The molecule has 4 heteroatoms. The summed E-state index contributed by atoms with van der Waals surface area (Å²) >= 11 is 0. The molecule has 0 aliphatic heterocycles. The van der Waals surface area contributed by atoms with E-state index in [9.17, 15) is 5.11 Å². The van der Waals surface area contributed by atoms with Crippen LogP contribution in [0.15, 0.2) is 24.5 Å². The second-order valence-corrected chi connectivity index (χ2v) is 5.34. The van der Waals surface area contributed by atoms with E-state index in [-0.39, 0.29) is 12.0 Å². The summed E-state index contributed by atoms with van der Waals surface area (Å²) in [6, 6.07) is 3.84. The summed E-state index contributed by atoms with van der Waals surface area (Å²) < 4.78 is 2.02. The molecule has 3 N–H and O–H groups in total. The van der Waals surface area contributed by atoms with Crippen molar-refractivity contribution < 1.29 is 5.11 Å². The van der Waals surface area contributed by atoms with Gasteiger partial charge in [-0.2, -0.15) is 0 Å². The number of nitrogens with two attached hydrogens (primary N) is 1. The average Bonchev–Trinajstić information content (AvgIpc) is 2.70. The molecule has 2 rings (SSSR count). The zero-order chi connectivity index (χ0) is 12.6. The van der Waals surface area contributed by atoms with Crippen molar-refractivity contribution in [2.75, 3.05) is 6.54 Å². The van der Waals surface area contributed by atoms with Gasteiger partial charge < -0.3 is 15.2 Å². The lowest BCUT2D eigenvalue weighted by Gasteiger charge is -2.18. The van der Waals surface area contributed by atoms with Crippen molar-refractivity contribution in [2.24, 2.45) is 5.73 Å². The fourth-order valence-electron chi connectivity index (χ4n) is 1.89. The van der Waals surface area contributed by atoms with Gasteiger partial charge >= 0.3 is 0 Å². The van der Waals surface area contributed by atoms with Crippen molar-refractivity contribution >= 4 is 5.52 Å². The Morgan fingerprint density at radius 2 is 2.12 bits per heavy atom. The summed E-state index contributed by atoms with van der Waals surface area (Å²) in [6.45, 7) is 6.58. The number of aliphatic hydroxyl groups is 1. The molecule has 2 aromatic rings. The van der Waals surface area contributed by atoms with Gasteiger partial charge in [-0.1, -0.05) is 26.8 Å². The summed E-state index contributed by atoms with van der Waals surface area (Å²) in [5.74, 6) is 0.985. The van der Waals surface area contributed by atoms with Gasteiger partial charge in [-0.25, -0.2) is 4.98 Å². The third-order valence-corrected chi connectivity index (χ3v) is 2.83. The minimum Gasteiger partial charge on any atom is -0.387 e. The maximum absolute atomic E-state index is 9.76. The topological polar surface area (TPSA) is 63.5 Å². The first-order valence-electron chi connectivity index (χ1n) is 5.79. The molecule has 0 aliphatic carbocycles. The summed E-state index contributed by atoms with van der Waals surface area (Å²) in [5, 5.41) is 9.76. The van der Waals surface area contributed by atoms with Gasteiger partial charge in [0.2, 0.25) is 0 Å². The van der Waals surface area contributed by atoms with E-state index < -0.39 is 6.10 Å². The molecule has 0 fully saturated rings. The molecule has 0 aliphatic rings. The number of fused-ring (bicyclic) bond motifs is 1. The number of rotatable bonds is 2. The molecule has 1 atom stereocenters. The van der Waals surface area contributed by atoms with E-state index in [0.29, 0.717) is 0 Å². The van der Waals surface area contributed by atoms with E-state index in [4.69, 9.17) is 5.73 Å². The second kappa shape index (κ2) is 4.13. The smallest absolute Gasteiger partial charge is 0.118 e. The monoisotopic (exact) mass is 233 g/mol. The Kier molecular flexibility index (Phi) is 2.93. The molecule has 4 nitrogen and oxygen atoms in total. The van der Waals surface area contributed by atoms with Crippen molar-refractivity contribution in [3.05, 3.63) is 35.9 Å². The van der Waals surface area contributed by atoms with Gasteiger partial charge in [-0.3, -0.25) is 0 Å². The SMILES string of the molecule is CC(C)(C)c1ncc2ccc(C(O)CN)cn12. The highest BCUT2D eigenvalue weighted by Gasteiger charge is 2.20. The van der Waals surface area contributed by atoms with Crippen LogP contribution in [0.4, 0.5) is 0 Å². The number of aromatic nitrogens is 2. The molecular formula is C13H19N3O. The van der Waals surface area contributed by atoms with Crippen LogP contribution < -0.4 is 5.73 Å². The normalized spacial score (nSPS) is 14.2. The van der Waals surface area contributed by atoms with E-state index in [1.165, 1.54) is 0 Å². The lowest BCUT2D eigenvalue weighted by molar-refractivity contribution is 0.186. The van der Waals surface area contributed by atoms with Gasteiger partial charge in [-0.05, 0) is 11.6 Å². The molecule has 2 aromatic heterocycles. The van der Waals surface area contributed by atoms with Gasteiger partial charge in [0.05, 0.1) is 17.8 Å². The van der Waals surface area contributed by atoms with Crippen molar-refractivity contribution in [1.82, 2.24) is 9.38 Å². The molecular weight excluding hydrogens is 214 g/mol. The Balaban J connectivity index is 2.58. The zero-order valence-electron chi connectivity index (χ0n) is 10.5. The van der Waals surface area contributed by atoms with Crippen LogP contribution in [0.25, 0.3) is 5.52 Å². The number of nitrogens with zero attached hydrogens (tertiary/aromatic N) is 2. The minimum absolute atomic E-state index is 0.0291. The fraction of sp³-hybridized carbons (Fsp3) is 0.462. The third-order valence-electron chi connectivity index (χ3n) is 2.83. The summed E-state index contributed by atoms with van der Waals surface area (Å²) in [4.78, 5) is 4.44. The predicted molar refractivity (Wildman–Crippen MR) is 67.9 cm³/mol. The van der Waals surface area contributed by atoms with Crippen molar-refractivity contribution in [1.29, 1.82) is 0 Å². The number of hydrogen-bond acceptors (Lipinski definition) is 3. The molecule has 2 heterocycles. The molecule has 92 valence electrons. The number of hydrogen-bond donors (Lipinski definition) is 2. The van der Waals surface area contributed by atoms with Crippen LogP contribution in [-0.4, -0.2) is 21.0 Å². The van der Waals surface area contributed by atoms with E-state index in [0.717, 1.165) is 16.9 Å². The van der Waals surface area contributed by atoms with Crippen LogP contribution in [0.5, 0.6) is 0 Å². The molecule has 1 unspecified atom stereocenters. The van der Waals surface area contributed by atoms with Crippen molar-refractivity contribution in [2.45, 2.75) is 32.3 Å². The predicted octanol–water partition coefficient (Wildman–Crippen LogP) is 1.62.